The molecule has 1 nitrogen and oxygen atoms in total. The second-order valence-corrected chi connectivity index (χ2v) is 2.46. The molecular weight excluding hydrogens is 135 g/mol. The van der Waals surface area contributed by atoms with Gasteiger partial charge in [-0.15, -0.1) is 23.2 Å². The Morgan fingerprint density at radius 2 is 1.29 bits per heavy atom. The van der Waals surface area contributed by atoms with Crippen LogP contribution >= 0.6 is 23.2 Å². The van der Waals surface area contributed by atoms with Crippen LogP contribution in [0.1, 0.15) is 6.92 Å². The molecule has 0 aromatic carbocycles. The third-order valence-corrected chi connectivity index (χ3v) is 0. The first-order valence-electron chi connectivity index (χ1n) is 1.83. The zero-order chi connectivity index (χ0) is 6.28. The van der Waals surface area contributed by atoms with Crippen LogP contribution in [-0.4, -0.2) is 19.1 Å². The fourth-order valence-electron chi connectivity index (χ4n) is 0. The third kappa shape index (κ3) is 462. The molecule has 0 aromatic rings. The zero-order valence-corrected chi connectivity index (χ0v) is 6.25. The van der Waals surface area contributed by atoms with Crippen LogP contribution in [0.2, 0.25) is 0 Å². The summed E-state index contributed by atoms with van der Waals surface area (Å²) in [5.41, 5.74) is 0. The Morgan fingerprint density at radius 3 is 1.29 bits per heavy atom. The molecule has 0 aromatic heterocycles. The lowest BCUT2D eigenvalue weighted by molar-refractivity contribution is 0.277. The van der Waals surface area contributed by atoms with Crippen LogP contribution in [0.5, 0.6) is 0 Å². The second-order valence-electron chi connectivity index (χ2n) is 0.927. The largest absolute Gasteiger partial charge is 0.388 e. The number of rotatable bonds is 0. The predicted octanol–water partition coefficient (Wildman–Crippen LogP) is 2.07. The van der Waals surface area contributed by atoms with Crippen molar-refractivity contribution in [1.29, 1.82) is 0 Å². The fourth-order valence-corrected chi connectivity index (χ4v) is 0. The molecule has 0 saturated heterocycles. The third-order valence-electron chi connectivity index (χ3n) is 0. The topological polar surface area (TPSA) is 9.23 Å². The molecule has 46 valence electrons. The highest BCUT2D eigenvalue weighted by Crippen LogP contribution is 1.95. The van der Waals surface area contributed by atoms with Gasteiger partial charge < -0.3 is 4.74 Å². The number of alkyl halides is 2. The Hall–Kier alpha value is 0.540. The Labute approximate surface area is 54.6 Å². The van der Waals surface area contributed by atoms with Crippen LogP contribution in [0.15, 0.2) is 0 Å². The lowest BCUT2D eigenvalue weighted by atomic mass is 11.0. The molecule has 0 aliphatic carbocycles. The predicted molar refractivity (Wildman–Crippen MR) is 34.1 cm³/mol. The molecule has 0 N–H and O–H groups in total. The van der Waals surface area contributed by atoms with E-state index in [-0.39, 0.29) is 4.84 Å². The van der Waals surface area contributed by atoms with Crippen molar-refractivity contribution >= 4 is 23.2 Å². The van der Waals surface area contributed by atoms with Gasteiger partial charge in [-0.1, -0.05) is 0 Å². The Balaban J connectivity index is 0. The molecule has 0 saturated carbocycles. The fraction of sp³-hybridized carbons (Fsp3) is 1.00. The molecule has 0 spiro atoms. The van der Waals surface area contributed by atoms with Gasteiger partial charge in [0.25, 0.3) is 0 Å². The zero-order valence-electron chi connectivity index (χ0n) is 4.74. The van der Waals surface area contributed by atoms with Crippen LogP contribution in [0, 0.1) is 0 Å². The van der Waals surface area contributed by atoms with Gasteiger partial charge in [0.15, 0.2) is 0 Å². The number of hydrogen-bond donors (Lipinski definition) is 0. The van der Waals surface area contributed by atoms with E-state index in [4.69, 9.17) is 23.2 Å². The number of halogens is 2. The highest BCUT2D eigenvalue weighted by atomic mass is 35.5. The van der Waals surface area contributed by atoms with Crippen LogP contribution in [0.4, 0.5) is 0 Å². The summed E-state index contributed by atoms with van der Waals surface area (Å²) in [4.78, 5) is -0.222. The number of hydrogen-bond acceptors (Lipinski definition) is 1. The van der Waals surface area contributed by atoms with Crippen LogP contribution in [0.3, 0.4) is 0 Å². The summed E-state index contributed by atoms with van der Waals surface area (Å²) in [5.74, 6) is 0. The van der Waals surface area contributed by atoms with Gasteiger partial charge in [0.2, 0.25) is 0 Å². The molecule has 0 rings (SSSR count). The van der Waals surface area contributed by atoms with E-state index in [1.54, 1.807) is 21.1 Å². The maximum atomic E-state index is 5.04. The molecule has 0 unspecified atom stereocenters. The maximum absolute atomic E-state index is 5.04. The summed E-state index contributed by atoms with van der Waals surface area (Å²) < 4.78 is 4.25. The van der Waals surface area contributed by atoms with Gasteiger partial charge in [0.05, 0.1) is 0 Å². The van der Waals surface area contributed by atoms with E-state index in [1.807, 2.05) is 0 Å². The van der Waals surface area contributed by atoms with Gasteiger partial charge in [0, 0.05) is 14.2 Å². The summed E-state index contributed by atoms with van der Waals surface area (Å²) in [7, 11) is 3.25. The van der Waals surface area contributed by atoms with Crippen LogP contribution in [-0.2, 0) is 4.74 Å². The summed E-state index contributed by atoms with van der Waals surface area (Å²) >= 11 is 10.1. The molecule has 0 bridgehead atoms. The molecule has 0 radical (unpaired) electrons. The van der Waals surface area contributed by atoms with Crippen molar-refractivity contribution in [1.82, 2.24) is 0 Å². The monoisotopic (exact) mass is 144 g/mol. The van der Waals surface area contributed by atoms with E-state index in [1.165, 1.54) is 0 Å². The molecule has 0 fully saturated rings. The summed E-state index contributed by atoms with van der Waals surface area (Å²) in [5, 5.41) is 0. The van der Waals surface area contributed by atoms with Crippen molar-refractivity contribution in [2.75, 3.05) is 14.2 Å². The van der Waals surface area contributed by atoms with E-state index in [0.717, 1.165) is 0 Å². The highest BCUT2D eigenvalue weighted by molar-refractivity contribution is 6.43. The molecule has 0 heterocycles. The summed E-state index contributed by atoms with van der Waals surface area (Å²) in [6.07, 6.45) is 0. The van der Waals surface area contributed by atoms with Crippen LogP contribution < -0.4 is 0 Å². The first-order chi connectivity index (χ1) is 3.15. The Kier molecular flexibility index (Phi) is 14.6. The summed E-state index contributed by atoms with van der Waals surface area (Å²) in [6, 6.07) is 0. The Bertz CT molecular complexity index is 20.9. The number of ether oxygens (including phenoxy) is 1. The van der Waals surface area contributed by atoms with Gasteiger partial charge in [-0.05, 0) is 6.92 Å². The van der Waals surface area contributed by atoms with Gasteiger partial charge in [-0.3, -0.25) is 0 Å². The van der Waals surface area contributed by atoms with E-state index in [0.29, 0.717) is 0 Å². The highest BCUT2D eigenvalue weighted by Gasteiger charge is 1.75. The minimum atomic E-state index is -0.222. The maximum Gasteiger partial charge on any atom is 0.105 e. The molecule has 7 heavy (non-hydrogen) atoms. The second kappa shape index (κ2) is 9.74. The van der Waals surface area contributed by atoms with Crippen LogP contribution in [0.25, 0.3) is 0 Å². The van der Waals surface area contributed by atoms with Crippen molar-refractivity contribution in [3.8, 4) is 0 Å². The van der Waals surface area contributed by atoms with E-state index >= 15 is 0 Å². The quantitative estimate of drug-likeness (QED) is 0.474. The average Bonchev–Trinajstić information content (AvgIpc) is 1.33. The van der Waals surface area contributed by atoms with Crippen molar-refractivity contribution in [3.63, 3.8) is 0 Å². The minimum absolute atomic E-state index is 0.222. The van der Waals surface area contributed by atoms with Gasteiger partial charge in [-0.25, -0.2) is 0 Å². The van der Waals surface area contributed by atoms with Crippen molar-refractivity contribution in [2.45, 2.75) is 11.8 Å². The lowest BCUT2D eigenvalue weighted by Crippen LogP contribution is -1.63. The van der Waals surface area contributed by atoms with Crippen molar-refractivity contribution < 1.29 is 4.74 Å². The van der Waals surface area contributed by atoms with E-state index < -0.39 is 0 Å². The average molecular weight is 145 g/mol. The molecule has 0 atom stereocenters. The van der Waals surface area contributed by atoms with Gasteiger partial charge in [0.1, 0.15) is 4.84 Å². The Morgan fingerprint density at radius 1 is 1.29 bits per heavy atom. The smallest absolute Gasteiger partial charge is 0.105 e. The van der Waals surface area contributed by atoms with Gasteiger partial charge >= 0.3 is 0 Å². The van der Waals surface area contributed by atoms with E-state index in [9.17, 15) is 0 Å². The van der Waals surface area contributed by atoms with E-state index in [2.05, 4.69) is 4.74 Å². The first-order valence-corrected chi connectivity index (χ1v) is 2.70. The molecule has 3 heteroatoms. The molecule has 0 amide bonds. The van der Waals surface area contributed by atoms with Crippen molar-refractivity contribution in [2.24, 2.45) is 0 Å². The SMILES string of the molecule is CC(Cl)Cl.COC. The minimum Gasteiger partial charge on any atom is -0.388 e. The molecule has 0 aliphatic heterocycles. The molecular formula is C4H10Cl2O. The van der Waals surface area contributed by atoms with Gasteiger partial charge in [-0.2, -0.15) is 0 Å². The van der Waals surface area contributed by atoms with Crippen molar-refractivity contribution in [3.05, 3.63) is 0 Å². The number of methoxy groups -OCH3 is 1. The molecule has 0 aliphatic rings. The normalized spacial score (nSPS) is 7.71. The first kappa shape index (κ1) is 10.5. The summed E-state index contributed by atoms with van der Waals surface area (Å²) in [6.45, 7) is 1.70. The lowest BCUT2D eigenvalue weighted by Gasteiger charge is -1.72. The standard InChI is InChI=1S/C2H4Cl2.C2H6O/c1-2(3)4;1-3-2/h2H,1H3;1-2H3.